The van der Waals surface area contributed by atoms with Crippen molar-refractivity contribution in [2.45, 2.75) is 128 Å². The van der Waals surface area contributed by atoms with Crippen LogP contribution in [0.1, 0.15) is 144 Å². The molecule has 6 heterocycles. The van der Waals surface area contributed by atoms with Gasteiger partial charge in [-0.25, -0.2) is 15.0 Å². The Labute approximate surface area is 533 Å². The molecule has 468 valence electrons. The first-order chi connectivity index (χ1) is 43.2. The summed E-state index contributed by atoms with van der Waals surface area (Å²) >= 11 is 0. The van der Waals surface area contributed by atoms with Crippen LogP contribution in [-0.4, -0.2) is 59.0 Å². The predicted molar refractivity (Wildman–Crippen MR) is 370 cm³/mol. The molecular weight excluding hydrogens is 1130 g/mol. The van der Waals surface area contributed by atoms with Crippen LogP contribution in [0.4, 0.5) is 22.7 Å². The highest BCUT2D eigenvalue weighted by molar-refractivity contribution is 6.10. The topological polar surface area (TPSA) is 221 Å². The molecular formula is C75H83N11O5. The van der Waals surface area contributed by atoms with Crippen molar-refractivity contribution < 1.29 is 24.0 Å². The molecule has 8 aromatic rings. The molecule has 16 heteroatoms. The highest BCUT2D eigenvalue weighted by Gasteiger charge is 2.31. The van der Waals surface area contributed by atoms with Crippen molar-refractivity contribution in [3.8, 4) is 44.5 Å². The largest absolute Gasteiger partial charge is 0.354 e. The normalized spacial score (nSPS) is 12.5. The Bertz CT molecular complexity index is 4340. The molecule has 10 rings (SSSR count). The highest BCUT2D eigenvalue weighted by Crippen LogP contribution is 2.45. The fourth-order valence-corrected chi connectivity index (χ4v) is 10.7. The van der Waals surface area contributed by atoms with Gasteiger partial charge in [0.1, 0.15) is 0 Å². The smallest absolute Gasteiger partial charge is 0.229 e. The number of hydrogen-bond donors (Lipinski definition) is 7. The number of aromatic amines is 2. The fourth-order valence-electron chi connectivity index (χ4n) is 10.7. The molecule has 0 radical (unpaired) electrons. The number of H-pyrrole nitrogens is 2. The summed E-state index contributed by atoms with van der Waals surface area (Å²) in [5, 5.41) is 16.3. The molecule has 2 aliphatic rings. The zero-order valence-electron chi connectivity index (χ0n) is 54.3. The number of nitrogens with zero attached hydrogens (tertiary/aromatic N) is 4. The second-order valence-electron chi connectivity index (χ2n) is 27.6. The fraction of sp³-hybridized carbons (Fsp3) is 0.307. The average molecular weight is 1220 g/mol. The van der Waals surface area contributed by atoms with Crippen LogP contribution in [0.25, 0.3) is 90.5 Å². The van der Waals surface area contributed by atoms with Crippen molar-refractivity contribution in [2.75, 3.05) is 21.3 Å². The quantitative estimate of drug-likeness (QED) is 0.0434. The summed E-state index contributed by atoms with van der Waals surface area (Å²) in [6, 6.07) is 38.4. The second-order valence-corrected chi connectivity index (χ2v) is 27.6. The number of carbonyl (C=O) groups is 5. The van der Waals surface area contributed by atoms with E-state index < -0.39 is 21.7 Å². The predicted octanol–water partition coefficient (Wildman–Crippen LogP) is 16.9. The number of para-hydroxylation sites is 4. The number of aryl methyl sites for hydroxylation is 1. The van der Waals surface area contributed by atoms with Gasteiger partial charge in [-0.05, 0) is 79.6 Å². The summed E-state index contributed by atoms with van der Waals surface area (Å²) in [7, 11) is 0. The zero-order chi connectivity index (χ0) is 65.0. The summed E-state index contributed by atoms with van der Waals surface area (Å²) in [5.74, 6) is -0.975. The van der Waals surface area contributed by atoms with Gasteiger partial charge < -0.3 is 41.1 Å². The SMILES string of the molecule is CC(C)(C)C(=O)Nc1ccccc1-c1c2nc(c(-c3ccccc3NC(=O)C(C)(C)C)c3ccc([nH]3)c(-c3ccccc3NC(=O)C(C)(C)C)c3nc(c(-c4ccccc4NC(=O)C(C)(C)C)c4ccc1[nH]4)C=C3NC(=O)CCCCCCCn1ccnc1)C=C2. The van der Waals surface area contributed by atoms with Crippen molar-refractivity contribution in [2.24, 2.45) is 21.7 Å². The molecule has 0 spiro atoms. The van der Waals surface area contributed by atoms with E-state index in [2.05, 4.69) is 46.1 Å². The molecule has 0 saturated heterocycles. The number of amides is 5. The van der Waals surface area contributed by atoms with E-state index >= 15 is 0 Å². The first kappa shape index (κ1) is 64.0. The molecule has 2 aliphatic heterocycles. The van der Waals surface area contributed by atoms with Crippen molar-refractivity contribution >= 4 is 98.3 Å². The van der Waals surface area contributed by atoms with Gasteiger partial charge in [-0.1, -0.05) is 175 Å². The van der Waals surface area contributed by atoms with Crippen LogP contribution < -0.4 is 26.6 Å². The Morgan fingerprint density at radius 2 is 0.780 bits per heavy atom. The molecule has 0 fully saturated rings. The van der Waals surface area contributed by atoms with Gasteiger partial charge in [0.15, 0.2) is 0 Å². The number of aromatic nitrogens is 6. The number of carbonyl (C=O) groups excluding carboxylic acids is 5. The molecule has 16 nitrogen and oxygen atoms in total. The minimum atomic E-state index is -0.776. The molecule has 91 heavy (non-hydrogen) atoms. The average Bonchev–Trinajstić information content (AvgIpc) is 1.64. The van der Waals surface area contributed by atoms with E-state index in [0.717, 1.165) is 32.2 Å². The van der Waals surface area contributed by atoms with E-state index in [1.807, 2.05) is 235 Å². The molecule has 0 unspecified atom stereocenters. The molecule has 0 saturated carbocycles. The van der Waals surface area contributed by atoms with E-state index in [4.69, 9.17) is 9.97 Å². The van der Waals surface area contributed by atoms with E-state index in [-0.39, 0.29) is 36.0 Å². The first-order valence-electron chi connectivity index (χ1n) is 31.3. The van der Waals surface area contributed by atoms with Crippen LogP contribution in [0.15, 0.2) is 140 Å². The van der Waals surface area contributed by atoms with Gasteiger partial charge in [0.25, 0.3) is 0 Å². The highest BCUT2D eigenvalue weighted by atomic mass is 16.2. The van der Waals surface area contributed by atoms with Gasteiger partial charge in [-0.2, -0.15) is 0 Å². The third-order valence-corrected chi connectivity index (χ3v) is 16.0. The lowest BCUT2D eigenvalue weighted by molar-refractivity contribution is -0.123. The summed E-state index contributed by atoms with van der Waals surface area (Å²) < 4.78 is 2.07. The third kappa shape index (κ3) is 14.7. The Hall–Kier alpha value is -9.96. The van der Waals surface area contributed by atoms with Crippen molar-refractivity contribution in [3.63, 3.8) is 0 Å². The van der Waals surface area contributed by atoms with Gasteiger partial charge in [0.05, 0.1) is 34.8 Å². The van der Waals surface area contributed by atoms with Gasteiger partial charge >= 0.3 is 0 Å². The number of rotatable bonds is 17. The van der Waals surface area contributed by atoms with Crippen LogP contribution in [0, 0.1) is 21.7 Å². The van der Waals surface area contributed by atoms with Crippen LogP contribution >= 0.6 is 0 Å². The summed E-state index contributed by atoms with van der Waals surface area (Å²) in [6.45, 7) is 23.3. The Morgan fingerprint density at radius 1 is 0.418 bits per heavy atom. The lowest BCUT2D eigenvalue weighted by atomic mass is 9.94. The van der Waals surface area contributed by atoms with Crippen molar-refractivity contribution in [1.29, 1.82) is 0 Å². The number of fused-ring (bicyclic) bond motifs is 8. The lowest BCUT2D eigenvalue weighted by Crippen LogP contribution is -2.27. The molecule has 8 bridgehead atoms. The summed E-state index contributed by atoms with van der Waals surface area (Å²) in [5.41, 5.74) is 9.04. The zero-order valence-corrected chi connectivity index (χ0v) is 54.3. The Balaban J connectivity index is 1.32. The number of nitrogens with one attached hydrogen (secondary N) is 7. The van der Waals surface area contributed by atoms with E-state index in [9.17, 15) is 24.0 Å². The monoisotopic (exact) mass is 1220 g/mol. The molecule has 4 aromatic heterocycles. The number of unbranched alkanes of at least 4 members (excludes halogenated alkanes) is 4. The molecule has 5 amide bonds. The Kier molecular flexibility index (Phi) is 18.5. The lowest BCUT2D eigenvalue weighted by Gasteiger charge is -2.20. The molecule has 0 atom stereocenters. The minimum absolute atomic E-state index is 0.178. The summed E-state index contributed by atoms with van der Waals surface area (Å²) in [4.78, 5) is 94.1. The van der Waals surface area contributed by atoms with E-state index in [1.54, 1.807) is 6.20 Å². The van der Waals surface area contributed by atoms with Crippen LogP contribution in [0.2, 0.25) is 0 Å². The maximum absolute atomic E-state index is 14.7. The minimum Gasteiger partial charge on any atom is -0.354 e. The van der Waals surface area contributed by atoms with Crippen molar-refractivity contribution in [3.05, 3.63) is 163 Å². The van der Waals surface area contributed by atoms with Gasteiger partial charge in [-0.3, -0.25) is 24.0 Å². The molecule has 4 aromatic carbocycles. The number of hydrogen-bond acceptors (Lipinski definition) is 8. The summed E-state index contributed by atoms with van der Waals surface area (Å²) in [6.07, 6.45) is 16.1. The number of benzene rings is 4. The van der Waals surface area contributed by atoms with E-state index in [0.29, 0.717) is 124 Å². The standard InChI is InChI=1S/C75H83N11O5/c1-72(2,3)68(88)82-50-30-21-17-26-46(50)63-54-35-36-55(77-54)64(47-27-18-22-31-51(47)83-69(89)73(4,5)6)57-39-40-59(79-57)66(49-29-20-24-33-53(49)85-71(91)75(10,11)12)67-61(80-62(87)34-16-14-13-15-25-42-86-43-41-76-45-86)44-60(81-67)65(58-38-37-56(63)78-58)48-28-19-23-32-52(48)84-70(90)74(7,8)9/h17-24,26-33,35-41,43-45,78-79H,13-16,25,34,42H2,1-12H3,(H,80,87)(H,82,88)(H,83,89)(H,84,90)(H,85,91). The maximum Gasteiger partial charge on any atom is 0.229 e. The Morgan fingerprint density at radius 3 is 1.18 bits per heavy atom. The second kappa shape index (κ2) is 26.2. The maximum atomic E-state index is 14.7. The van der Waals surface area contributed by atoms with Gasteiger partial charge in [0, 0.05) is 136 Å². The first-order valence-corrected chi connectivity index (χ1v) is 31.3. The van der Waals surface area contributed by atoms with E-state index in [1.165, 1.54) is 0 Å². The van der Waals surface area contributed by atoms with Crippen LogP contribution in [0.5, 0.6) is 0 Å². The van der Waals surface area contributed by atoms with Crippen LogP contribution in [-0.2, 0) is 30.5 Å². The number of anilines is 4. The molecule has 0 aliphatic carbocycles. The van der Waals surface area contributed by atoms with Crippen molar-refractivity contribution in [1.82, 2.24) is 34.8 Å². The third-order valence-electron chi connectivity index (χ3n) is 16.0. The number of imidazole rings is 1. The van der Waals surface area contributed by atoms with Crippen LogP contribution in [0.3, 0.4) is 0 Å². The van der Waals surface area contributed by atoms with Gasteiger partial charge in [0.2, 0.25) is 29.5 Å². The molecule has 7 N–H and O–H groups in total. The van der Waals surface area contributed by atoms with Gasteiger partial charge in [-0.15, -0.1) is 0 Å².